The number of benzene rings is 4. The maximum Gasteiger partial charge on any atom is 0.164 e. The fraction of sp³-hybridized carbons (Fsp3) is 0. The molecule has 46 heavy (non-hydrogen) atoms. The summed E-state index contributed by atoms with van der Waals surface area (Å²) in [4.78, 5) is 4.80. The van der Waals surface area contributed by atoms with Crippen molar-refractivity contribution in [3.05, 3.63) is 123 Å². The van der Waals surface area contributed by atoms with E-state index in [1.54, 1.807) is 6.08 Å². The first kappa shape index (κ1) is 29.5. The highest BCUT2D eigenvalue weighted by atomic mass is 32.1. The van der Waals surface area contributed by atoms with Crippen LogP contribution in [-0.2, 0) is 0 Å². The molecule has 0 spiro atoms. The summed E-state index contributed by atoms with van der Waals surface area (Å²) in [5.74, 6) is -4.57. The summed E-state index contributed by atoms with van der Waals surface area (Å²) in [6, 6.07) is 24.5. The van der Waals surface area contributed by atoms with Crippen LogP contribution in [-0.4, -0.2) is 16.4 Å². The van der Waals surface area contributed by atoms with Crippen LogP contribution in [0.15, 0.2) is 71.1 Å². The molecule has 0 amide bonds. The van der Waals surface area contributed by atoms with Crippen LogP contribution in [0.4, 0.5) is 13.2 Å². The predicted octanol–water partition coefficient (Wildman–Crippen LogP) is 7.68. The number of nitrogens with one attached hydrogen (secondary N) is 1. The molecule has 4 aromatic carbocycles. The molecule has 0 saturated carbocycles. The lowest BCUT2D eigenvalue weighted by Gasteiger charge is -2.24. The van der Waals surface area contributed by atoms with Gasteiger partial charge < -0.3 is 0 Å². The van der Waals surface area contributed by atoms with Crippen LogP contribution >= 0.6 is 12.8 Å². The number of rotatable bonds is 3. The van der Waals surface area contributed by atoms with Crippen molar-refractivity contribution in [1.82, 2.24) is 4.98 Å². The standard InChI is InChI=1S/C35H14F3N7S/c36-30-25(15-41)31(37)28(32(38)26(30)16-42)20-6-7-22-27(11-20)44-34(21-9-17(13-39)8-18(10-21)14-40)24-12-23(19-4-2-1-3-5-19)35(45-46)33(43)29(22)24/h1-12,43,46H. The Morgan fingerprint density at radius 1 is 0.696 bits per heavy atom. The van der Waals surface area contributed by atoms with Crippen molar-refractivity contribution in [2.75, 3.05) is 0 Å². The highest BCUT2D eigenvalue weighted by Gasteiger charge is 2.30. The van der Waals surface area contributed by atoms with Gasteiger partial charge >= 0.3 is 0 Å². The van der Waals surface area contributed by atoms with E-state index in [0.29, 0.717) is 27.6 Å². The molecule has 0 saturated heterocycles. The molecule has 1 aliphatic carbocycles. The van der Waals surface area contributed by atoms with Gasteiger partial charge in [-0.2, -0.15) is 21.0 Å². The Morgan fingerprint density at radius 3 is 1.89 bits per heavy atom. The maximum absolute atomic E-state index is 15.4. The molecular weight excluding hydrogens is 607 g/mol. The van der Waals surface area contributed by atoms with Gasteiger partial charge in [0.2, 0.25) is 0 Å². The van der Waals surface area contributed by atoms with E-state index >= 15 is 8.78 Å². The molecule has 1 N–H and O–H groups in total. The van der Waals surface area contributed by atoms with Crippen LogP contribution in [0, 0.1) is 68.2 Å². The summed E-state index contributed by atoms with van der Waals surface area (Å²) in [5.41, 5.74) is 0.228. The molecule has 7 nitrogen and oxygen atoms in total. The molecule has 6 rings (SSSR count). The Hall–Kier alpha value is -6.53. The average molecular weight is 622 g/mol. The SMILES string of the molecule is N#Cc1cc(C#N)cc(-c2nc3cc(-c4c(F)c(C#N)c(F)c(C#N)c4F)ccc3c3c2C=C(c2ccccc2)C(=NS)C3=N)c1. The summed E-state index contributed by atoms with van der Waals surface area (Å²) in [6.45, 7) is 0. The van der Waals surface area contributed by atoms with E-state index in [4.69, 9.17) is 4.98 Å². The number of hydrogen-bond donors (Lipinski definition) is 2. The minimum absolute atomic E-state index is 0.0395. The lowest BCUT2D eigenvalue weighted by molar-refractivity contribution is 0.539. The van der Waals surface area contributed by atoms with Gasteiger partial charge in [-0.15, -0.1) is 0 Å². The number of nitriles is 4. The quantitative estimate of drug-likeness (QED) is 0.199. The van der Waals surface area contributed by atoms with Gasteiger partial charge in [0, 0.05) is 27.6 Å². The first-order chi connectivity index (χ1) is 22.3. The number of fused-ring (bicyclic) bond motifs is 3. The Bertz CT molecular complexity index is 2350. The molecule has 1 aliphatic rings. The van der Waals surface area contributed by atoms with E-state index in [2.05, 4.69) is 17.2 Å². The largest absolute Gasteiger partial charge is 0.298 e. The summed E-state index contributed by atoms with van der Waals surface area (Å²) in [6.07, 6.45) is 1.77. The Morgan fingerprint density at radius 2 is 1.33 bits per heavy atom. The van der Waals surface area contributed by atoms with Gasteiger partial charge in [0.25, 0.3) is 0 Å². The lowest BCUT2D eigenvalue weighted by atomic mass is 9.82. The normalized spacial score (nSPS) is 12.9. The van der Waals surface area contributed by atoms with Crippen LogP contribution < -0.4 is 0 Å². The number of pyridine rings is 1. The molecule has 0 aliphatic heterocycles. The molecule has 0 bridgehead atoms. The Labute approximate surface area is 265 Å². The van der Waals surface area contributed by atoms with E-state index in [1.165, 1.54) is 48.5 Å². The predicted molar refractivity (Wildman–Crippen MR) is 169 cm³/mol. The van der Waals surface area contributed by atoms with Crippen molar-refractivity contribution in [1.29, 1.82) is 26.5 Å². The van der Waals surface area contributed by atoms with Gasteiger partial charge in [-0.3, -0.25) is 5.41 Å². The molecule has 1 heterocycles. The third kappa shape index (κ3) is 4.57. The second kappa shape index (κ2) is 11.5. The number of nitrogens with zero attached hydrogens (tertiary/aromatic N) is 6. The minimum atomic E-state index is -1.60. The number of hydrogen-bond acceptors (Lipinski definition) is 8. The molecule has 0 radical (unpaired) electrons. The van der Waals surface area contributed by atoms with E-state index in [-0.39, 0.29) is 39.3 Å². The third-order valence-electron chi connectivity index (χ3n) is 7.53. The monoisotopic (exact) mass is 621 g/mol. The summed E-state index contributed by atoms with van der Waals surface area (Å²) in [7, 11) is 0. The van der Waals surface area contributed by atoms with Gasteiger partial charge in [-0.25, -0.2) is 22.6 Å². The fourth-order valence-electron chi connectivity index (χ4n) is 5.48. The number of halogens is 3. The topological polar surface area (TPSA) is 144 Å². The summed E-state index contributed by atoms with van der Waals surface area (Å²) < 4.78 is 49.4. The fourth-order valence-corrected chi connectivity index (χ4v) is 5.69. The lowest BCUT2D eigenvalue weighted by Crippen LogP contribution is -2.22. The molecule has 0 atom stereocenters. The Kier molecular flexibility index (Phi) is 7.40. The summed E-state index contributed by atoms with van der Waals surface area (Å²) in [5, 5.41) is 47.6. The van der Waals surface area contributed by atoms with Crippen molar-refractivity contribution < 1.29 is 13.2 Å². The van der Waals surface area contributed by atoms with E-state index in [1.807, 2.05) is 42.5 Å². The van der Waals surface area contributed by atoms with Crippen LogP contribution in [0.3, 0.4) is 0 Å². The van der Waals surface area contributed by atoms with Crippen LogP contribution in [0.25, 0.3) is 44.9 Å². The molecule has 1 aromatic heterocycles. The van der Waals surface area contributed by atoms with Crippen LogP contribution in [0.1, 0.15) is 38.9 Å². The van der Waals surface area contributed by atoms with Gasteiger partial charge in [0.15, 0.2) is 17.5 Å². The van der Waals surface area contributed by atoms with Gasteiger partial charge in [-0.05, 0) is 54.3 Å². The molecular formula is C35H14F3N7S. The maximum atomic E-state index is 15.4. The highest BCUT2D eigenvalue weighted by molar-refractivity contribution is 7.79. The Balaban J connectivity index is 1.74. The second-order valence-electron chi connectivity index (χ2n) is 10.0. The van der Waals surface area contributed by atoms with E-state index in [0.717, 1.165) is 5.56 Å². The second-order valence-corrected chi connectivity index (χ2v) is 10.2. The third-order valence-corrected chi connectivity index (χ3v) is 7.73. The van der Waals surface area contributed by atoms with Crippen molar-refractivity contribution >= 4 is 46.8 Å². The number of allylic oxidation sites excluding steroid dienone is 1. The van der Waals surface area contributed by atoms with Crippen molar-refractivity contribution in [3.8, 4) is 46.7 Å². The molecule has 0 unspecified atom stereocenters. The first-order valence-electron chi connectivity index (χ1n) is 13.3. The zero-order valence-electron chi connectivity index (χ0n) is 23.2. The molecule has 11 heteroatoms. The molecule has 0 fully saturated rings. The smallest absolute Gasteiger partial charge is 0.164 e. The molecule has 216 valence electrons. The van der Waals surface area contributed by atoms with Gasteiger partial charge in [-0.1, -0.05) is 42.5 Å². The zero-order valence-corrected chi connectivity index (χ0v) is 24.1. The van der Waals surface area contributed by atoms with Crippen molar-refractivity contribution in [2.24, 2.45) is 4.40 Å². The molecule has 5 aromatic rings. The number of thiol groups is 1. The first-order valence-corrected chi connectivity index (χ1v) is 13.7. The highest BCUT2D eigenvalue weighted by Crippen LogP contribution is 2.41. The van der Waals surface area contributed by atoms with Crippen LogP contribution in [0.2, 0.25) is 0 Å². The number of aromatic nitrogens is 1. The average Bonchev–Trinajstić information content (AvgIpc) is 3.08. The van der Waals surface area contributed by atoms with E-state index < -0.39 is 34.1 Å². The van der Waals surface area contributed by atoms with Gasteiger partial charge in [0.1, 0.15) is 29.0 Å². The van der Waals surface area contributed by atoms with Crippen LogP contribution in [0.5, 0.6) is 0 Å². The van der Waals surface area contributed by atoms with Gasteiger partial charge in [0.05, 0.1) is 45.8 Å². The van der Waals surface area contributed by atoms with E-state index in [9.17, 15) is 30.8 Å². The summed E-state index contributed by atoms with van der Waals surface area (Å²) >= 11 is 4.15. The van der Waals surface area contributed by atoms with Crippen molar-refractivity contribution in [2.45, 2.75) is 0 Å². The minimum Gasteiger partial charge on any atom is -0.298 e. The van der Waals surface area contributed by atoms with Crippen molar-refractivity contribution in [3.63, 3.8) is 0 Å². The zero-order chi connectivity index (χ0) is 32.7.